The standard InChI is InChI=1S/C21H17N3O2/c1-15-8-10-16(11-9-15)24(14-17-5-4-12-26-17)21(25)20-13-22-18-6-2-3-7-19(18)23-20/h2-13H,14H2,1H3. The summed E-state index contributed by atoms with van der Waals surface area (Å²) in [7, 11) is 0. The van der Waals surface area contributed by atoms with Crippen molar-refractivity contribution in [2.75, 3.05) is 4.90 Å². The molecular weight excluding hydrogens is 326 g/mol. The Kier molecular flexibility index (Phi) is 4.19. The SMILES string of the molecule is Cc1ccc(N(Cc2ccco2)C(=O)c2cnc3ccccc3n2)cc1. The van der Waals surface area contributed by atoms with Gasteiger partial charge in [-0.05, 0) is 43.3 Å². The molecule has 0 unspecified atom stereocenters. The Hall–Kier alpha value is -3.47. The molecule has 2 heterocycles. The molecule has 0 saturated heterocycles. The molecule has 0 aliphatic heterocycles. The van der Waals surface area contributed by atoms with Gasteiger partial charge in [0, 0.05) is 5.69 Å². The summed E-state index contributed by atoms with van der Waals surface area (Å²) >= 11 is 0. The van der Waals surface area contributed by atoms with Gasteiger partial charge >= 0.3 is 0 Å². The minimum Gasteiger partial charge on any atom is -0.467 e. The maximum Gasteiger partial charge on any atom is 0.278 e. The Balaban J connectivity index is 1.73. The zero-order chi connectivity index (χ0) is 17.9. The molecular formula is C21H17N3O2. The molecule has 0 atom stereocenters. The summed E-state index contributed by atoms with van der Waals surface area (Å²) in [4.78, 5) is 23.7. The molecule has 0 aliphatic carbocycles. The third-order valence-electron chi connectivity index (χ3n) is 4.15. The van der Waals surface area contributed by atoms with E-state index in [1.807, 2.05) is 67.6 Å². The highest BCUT2D eigenvalue weighted by Gasteiger charge is 2.21. The lowest BCUT2D eigenvalue weighted by molar-refractivity contribution is 0.0978. The second-order valence-electron chi connectivity index (χ2n) is 6.05. The van der Waals surface area contributed by atoms with Gasteiger partial charge < -0.3 is 4.42 Å². The number of fused-ring (bicyclic) bond motifs is 1. The number of rotatable bonds is 4. The van der Waals surface area contributed by atoms with Crippen molar-refractivity contribution in [3.8, 4) is 0 Å². The zero-order valence-corrected chi connectivity index (χ0v) is 14.3. The van der Waals surface area contributed by atoms with Crippen molar-refractivity contribution in [1.29, 1.82) is 0 Å². The fraction of sp³-hybridized carbons (Fsp3) is 0.0952. The van der Waals surface area contributed by atoms with Gasteiger partial charge in [-0.2, -0.15) is 0 Å². The maximum atomic E-state index is 13.2. The highest BCUT2D eigenvalue weighted by Crippen LogP contribution is 2.21. The van der Waals surface area contributed by atoms with Crippen molar-refractivity contribution in [3.05, 3.63) is 90.1 Å². The van der Waals surface area contributed by atoms with E-state index < -0.39 is 0 Å². The lowest BCUT2D eigenvalue weighted by Crippen LogP contribution is -2.31. The number of aromatic nitrogens is 2. The van der Waals surface area contributed by atoms with Crippen LogP contribution in [0.25, 0.3) is 11.0 Å². The number of carbonyl (C=O) groups excluding carboxylic acids is 1. The van der Waals surface area contributed by atoms with Crippen molar-refractivity contribution >= 4 is 22.6 Å². The van der Waals surface area contributed by atoms with Gasteiger partial charge in [0.2, 0.25) is 0 Å². The minimum absolute atomic E-state index is 0.219. The lowest BCUT2D eigenvalue weighted by Gasteiger charge is -2.21. The molecule has 0 saturated carbocycles. The molecule has 26 heavy (non-hydrogen) atoms. The number of nitrogens with zero attached hydrogens (tertiary/aromatic N) is 3. The van der Waals surface area contributed by atoms with Crippen LogP contribution in [0.3, 0.4) is 0 Å². The first kappa shape index (κ1) is 16.0. The van der Waals surface area contributed by atoms with Crippen LogP contribution in [0.15, 0.2) is 77.5 Å². The van der Waals surface area contributed by atoms with Gasteiger partial charge in [-0.1, -0.05) is 29.8 Å². The molecule has 4 rings (SSSR count). The van der Waals surface area contributed by atoms with Gasteiger partial charge in [-0.15, -0.1) is 0 Å². The molecule has 1 amide bonds. The summed E-state index contributed by atoms with van der Waals surface area (Å²) in [5.74, 6) is 0.483. The lowest BCUT2D eigenvalue weighted by atomic mass is 10.2. The van der Waals surface area contributed by atoms with Crippen LogP contribution in [-0.4, -0.2) is 15.9 Å². The molecule has 0 bridgehead atoms. The van der Waals surface area contributed by atoms with E-state index in [2.05, 4.69) is 9.97 Å². The van der Waals surface area contributed by atoms with Crippen molar-refractivity contribution in [1.82, 2.24) is 9.97 Å². The predicted molar refractivity (Wildman–Crippen MR) is 99.9 cm³/mol. The van der Waals surface area contributed by atoms with E-state index in [0.29, 0.717) is 23.5 Å². The van der Waals surface area contributed by atoms with E-state index in [0.717, 1.165) is 16.8 Å². The van der Waals surface area contributed by atoms with Gasteiger partial charge in [-0.3, -0.25) is 14.7 Å². The zero-order valence-electron chi connectivity index (χ0n) is 14.3. The number of hydrogen-bond acceptors (Lipinski definition) is 4. The fourth-order valence-electron chi connectivity index (χ4n) is 2.76. The number of aryl methyl sites for hydroxylation is 1. The molecule has 128 valence electrons. The number of furan rings is 1. The van der Waals surface area contributed by atoms with Crippen molar-refractivity contribution in [3.63, 3.8) is 0 Å². The van der Waals surface area contributed by atoms with Gasteiger partial charge in [0.15, 0.2) is 0 Å². The fourth-order valence-corrected chi connectivity index (χ4v) is 2.76. The Bertz CT molecular complexity index is 1040. The topological polar surface area (TPSA) is 59.2 Å². The molecule has 5 nitrogen and oxygen atoms in total. The second kappa shape index (κ2) is 6.80. The van der Waals surface area contributed by atoms with Crippen molar-refractivity contribution in [2.24, 2.45) is 0 Å². The molecule has 2 aromatic heterocycles. The molecule has 2 aromatic carbocycles. The normalized spacial score (nSPS) is 10.8. The van der Waals surface area contributed by atoms with Gasteiger partial charge in [0.1, 0.15) is 11.5 Å². The summed E-state index contributed by atoms with van der Waals surface area (Å²) in [6.07, 6.45) is 3.12. The Morgan fingerprint density at radius 2 is 1.77 bits per heavy atom. The third-order valence-corrected chi connectivity index (χ3v) is 4.15. The molecule has 5 heteroatoms. The Morgan fingerprint density at radius 3 is 2.50 bits per heavy atom. The van der Waals surface area contributed by atoms with Gasteiger partial charge in [-0.25, -0.2) is 4.98 Å². The second-order valence-corrected chi connectivity index (χ2v) is 6.05. The van der Waals surface area contributed by atoms with Crippen molar-refractivity contribution in [2.45, 2.75) is 13.5 Å². The van der Waals surface area contributed by atoms with Crippen molar-refractivity contribution < 1.29 is 9.21 Å². The van der Waals surface area contributed by atoms with E-state index in [-0.39, 0.29) is 5.91 Å². The van der Waals surface area contributed by atoms with Crippen LogP contribution < -0.4 is 4.90 Å². The van der Waals surface area contributed by atoms with E-state index in [1.165, 1.54) is 6.20 Å². The molecule has 0 radical (unpaired) electrons. The van der Waals surface area contributed by atoms with E-state index in [4.69, 9.17) is 4.42 Å². The summed E-state index contributed by atoms with van der Waals surface area (Å²) in [6.45, 7) is 2.33. The summed E-state index contributed by atoms with van der Waals surface area (Å²) in [5.41, 5.74) is 3.67. The minimum atomic E-state index is -0.219. The number of anilines is 1. The Morgan fingerprint density at radius 1 is 1.00 bits per heavy atom. The number of benzene rings is 2. The Labute approximate surface area is 150 Å². The van der Waals surface area contributed by atoms with Crippen LogP contribution in [0.2, 0.25) is 0 Å². The number of para-hydroxylation sites is 2. The van der Waals surface area contributed by atoms with Gasteiger partial charge in [0.25, 0.3) is 5.91 Å². The first-order valence-corrected chi connectivity index (χ1v) is 8.33. The molecule has 0 aliphatic rings. The van der Waals surface area contributed by atoms with Gasteiger partial charge in [0.05, 0.1) is 30.0 Å². The first-order chi connectivity index (χ1) is 12.7. The third kappa shape index (κ3) is 3.19. The van der Waals surface area contributed by atoms with Crippen LogP contribution in [0, 0.1) is 6.92 Å². The predicted octanol–water partition coefficient (Wildman–Crippen LogP) is 4.38. The van der Waals surface area contributed by atoms with Crippen LogP contribution in [0.4, 0.5) is 5.69 Å². The summed E-state index contributed by atoms with van der Waals surface area (Å²) < 4.78 is 5.44. The number of amides is 1. The average Bonchev–Trinajstić information content (AvgIpc) is 3.19. The van der Waals surface area contributed by atoms with Crippen LogP contribution in [0.5, 0.6) is 0 Å². The van der Waals surface area contributed by atoms with E-state index >= 15 is 0 Å². The van der Waals surface area contributed by atoms with Crippen LogP contribution in [-0.2, 0) is 6.54 Å². The van der Waals surface area contributed by atoms with Crippen LogP contribution in [0.1, 0.15) is 21.8 Å². The molecule has 4 aromatic rings. The molecule has 0 N–H and O–H groups in total. The van der Waals surface area contributed by atoms with E-state index in [9.17, 15) is 4.79 Å². The van der Waals surface area contributed by atoms with E-state index in [1.54, 1.807) is 11.2 Å². The average molecular weight is 343 g/mol. The highest BCUT2D eigenvalue weighted by atomic mass is 16.3. The van der Waals surface area contributed by atoms with Crippen LogP contribution >= 0.6 is 0 Å². The molecule has 0 spiro atoms. The summed E-state index contributed by atoms with van der Waals surface area (Å²) in [6, 6.07) is 18.9. The largest absolute Gasteiger partial charge is 0.467 e. The maximum absolute atomic E-state index is 13.2. The quantitative estimate of drug-likeness (QED) is 0.552. The summed E-state index contributed by atoms with van der Waals surface area (Å²) in [5, 5.41) is 0. The number of carbonyl (C=O) groups is 1. The smallest absolute Gasteiger partial charge is 0.278 e. The monoisotopic (exact) mass is 343 g/mol. The highest BCUT2D eigenvalue weighted by molar-refractivity contribution is 6.05. The molecule has 0 fully saturated rings. The number of hydrogen-bond donors (Lipinski definition) is 0. The first-order valence-electron chi connectivity index (χ1n) is 8.33.